The molecule has 178 valence electrons. The molecule has 0 aromatic heterocycles. The third kappa shape index (κ3) is 5.37. The molecule has 2 aliphatic rings. The summed E-state index contributed by atoms with van der Waals surface area (Å²) < 4.78 is 47.8. The van der Waals surface area contributed by atoms with Gasteiger partial charge in [0, 0.05) is 26.2 Å². The molecule has 1 atom stereocenters. The van der Waals surface area contributed by atoms with Crippen molar-refractivity contribution in [1.29, 1.82) is 0 Å². The van der Waals surface area contributed by atoms with Crippen LogP contribution in [0.1, 0.15) is 43.6 Å². The van der Waals surface area contributed by atoms with Gasteiger partial charge < -0.3 is 29.5 Å². The smallest absolute Gasteiger partial charge is 0.493 e. The number of methoxy groups -OCH3 is 1. The highest BCUT2D eigenvalue weighted by atomic mass is 19.4. The molecular formula is C21H27F3N2O6. The second-order valence-corrected chi connectivity index (χ2v) is 8.15. The van der Waals surface area contributed by atoms with Gasteiger partial charge in [-0.2, -0.15) is 0 Å². The lowest BCUT2D eigenvalue weighted by molar-refractivity contribution is -0.275. The molecule has 0 bridgehead atoms. The van der Waals surface area contributed by atoms with Crippen molar-refractivity contribution in [2.45, 2.75) is 50.0 Å². The van der Waals surface area contributed by atoms with Crippen LogP contribution in [0, 0.1) is 0 Å². The van der Waals surface area contributed by atoms with Crippen LogP contribution in [0.15, 0.2) is 18.2 Å². The summed E-state index contributed by atoms with van der Waals surface area (Å²) in [4.78, 5) is 27.4. The maximum Gasteiger partial charge on any atom is 0.573 e. The van der Waals surface area contributed by atoms with E-state index < -0.39 is 35.6 Å². The first-order chi connectivity index (χ1) is 15.0. The third-order valence-electron chi connectivity index (χ3n) is 6.11. The monoisotopic (exact) mass is 460 g/mol. The van der Waals surface area contributed by atoms with Crippen molar-refractivity contribution in [3.05, 3.63) is 23.8 Å². The molecule has 11 heteroatoms. The molecule has 2 amide bonds. The van der Waals surface area contributed by atoms with Crippen LogP contribution < -0.4 is 9.47 Å². The maximum absolute atomic E-state index is 13.5. The van der Waals surface area contributed by atoms with Crippen molar-refractivity contribution in [2.24, 2.45) is 0 Å². The Hall–Kier alpha value is -2.69. The average Bonchev–Trinajstić information content (AvgIpc) is 2.73. The van der Waals surface area contributed by atoms with Crippen LogP contribution in [0.25, 0.3) is 0 Å². The van der Waals surface area contributed by atoms with Crippen molar-refractivity contribution in [3.8, 4) is 11.5 Å². The molecule has 1 aromatic carbocycles. The van der Waals surface area contributed by atoms with Crippen LogP contribution >= 0.6 is 0 Å². The van der Waals surface area contributed by atoms with Gasteiger partial charge in [-0.15, -0.1) is 13.2 Å². The molecule has 0 radical (unpaired) electrons. The first kappa shape index (κ1) is 24.0. The number of hydrogen-bond donors (Lipinski definition) is 2. The van der Waals surface area contributed by atoms with Gasteiger partial charge >= 0.3 is 12.5 Å². The van der Waals surface area contributed by atoms with Crippen molar-refractivity contribution in [3.63, 3.8) is 0 Å². The molecule has 0 spiro atoms. The standard InChI is InChI=1S/C21H27F3N2O6/c1-31-15-6-5-14(13-16(15)32-21(22,23)24)17(20(30)7-3-2-4-8-20)18(27)25-9-11-26(12-10-25)19(28)29/h5-6,13,17,30H,2-4,7-12H2,1H3,(H,28,29). The summed E-state index contributed by atoms with van der Waals surface area (Å²) in [6.07, 6.45) is -3.10. The fraction of sp³-hybridized carbons (Fsp3) is 0.619. The summed E-state index contributed by atoms with van der Waals surface area (Å²) in [7, 11) is 1.21. The summed E-state index contributed by atoms with van der Waals surface area (Å²) in [6, 6.07) is 3.84. The molecule has 1 unspecified atom stereocenters. The zero-order valence-electron chi connectivity index (χ0n) is 17.7. The minimum atomic E-state index is -4.96. The van der Waals surface area contributed by atoms with E-state index in [4.69, 9.17) is 9.84 Å². The van der Waals surface area contributed by atoms with Gasteiger partial charge in [-0.1, -0.05) is 25.3 Å². The zero-order chi connectivity index (χ0) is 23.5. The number of nitrogens with zero attached hydrogens (tertiary/aromatic N) is 2. The fourth-order valence-electron chi connectivity index (χ4n) is 4.51. The topological polar surface area (TPSA) is 99.5 Å². The number of rotatable bonds is 5. The maximum atomic E-state index is 13.5. The quantitative estimate of drug-likeness (QED) is 0.700. The Bertz CT molecular complexity index is 833. The number of ether oxygens (including phenoxy) is 2. The summed E-state index contributed by atoms with van der Waals surface area (Å²) in [5.41, 5.74) is -1.23. The Morgan fingerprint density at radius 2 is 1.62 bits per heavy atom. The third-order valence-corrected chi connectivity index (χ3v) is 6.11. The van der Waals surface area contributed by atoms with Gasteiger partial charge in [0.1, 0.15) is 0 Å². The molecule has 1 aliphatic carbocycles. The molecule has 32 heavy (non-hydrogen) atoms. The number of carboxylic acid groups (broad SMARTS) is 1. The van der Waals surface area contributed by atoms with Crippen LogP contribution in [-0.2, 0) is 4.79 Å². The first-order valence-corrected chi connectivity index (χ1v) is 10.5. The highest BCUT2D eigenvalue weighted by molar-refractivity contribution is 5.86. The predicted molar refractivity (Wildman–Crippen MR) is 107 cm³/mol. The molecule has 1 heterocycles. The molecule has 2 fully saturated rings. The van der Waals surface area contributed by atoms with Crippen molar-refractivity contribution in [1.82, 2.24) is 9.80 Å². The Balaban J connectivity index is 1.96. The van der Waals surface area contributed by atoms with E-state index in [0.29, 0.717) is 25.7 Å². The number of benzene rings is 1. The number of piperazine rings is 1. The molecule has 1 aliphatic heterocycles. The van der Waals surface area contributed by atoms with Gasteiger partial charge in [-0.05, 0) is 30.5 Å². The van der Waals surface area contributed by atoms with Crippen molar-refractivity contribution < 1.29 is 42.4 Å². The van der Waals surface area contributed by atoms with Crippen molar-refractivity contribution in [2.75, 3.05) is 33.3 Å². The first-order valence-electron chi connectivity index (χ1n) is 10.5. The molecule has 8 nitrogen and oxygen atoms in total. The highest BCUT2D eigenvalue weighted by Crippen LogP contribution is 2.44. The zero-order valence-corrected chi connectivity index (χ0v) is 17.7. The Labute approximate surface area is 183 Å². The van der Waals surface area contributed by atoms with Gasteiger partial charge in [0.15, 0.2) is 11.5 Å². The van der Waals surface area contributed by atoms with E-state index in [-0.39, 0.29) is 37.5 Å². The lowest BCUT2D eigenvalue weighted by Crippen LogP contribution is -2.54. The van der Waals surface area contributed by atoms with Crippen LogP contribution in [0.5, 0.6) is 11.5 Å². The summed E-state index contributed by atoms with van der Waals surface area (Å²) in [6.45, 7) is 0.522. The Kier molecular flexibility index (Phi) is 7.06. The number of hydrogen-bond acceptors (Lipinski definition) is 5. The largest absolute Gasteiger partial charge is 0.573 e. The summed E-state index contributed by atoms with van der Waals surface area (Å²) >= 11 is 0. The van der Waals surface area contributed by atoms with Crippen LogP contribution in [0.4, 0.5) is 18.0 Å². The number of aliphatic hydroxyl groups is 1. The van der Waals surface area contributed by atoms with Crippen LogP contribution in [0.2, 0.25) is 0 Å². The highest BCUT2D eigenvalue weighted by Gasteiger charge is 2.46. The van der Waals surface area contributed by atoms with E-state index in [1.807, 2.05) is 0 Å². The number of alkyl halides is 3. The molecule has 2 N–H and O–H groups in total. The Morgan fingerprint density at radius 3 is 2.16 bits per heavy atom. The second kappa shape index (κ2) is 9.43. The van der Waals surface area contributed by atoms with Crippen LogP contribution in [0.3, 0.4) is 0 Å². The SMILES string of the molecule is COc1ccc(C(C(=O)N2CCN(C(=O)O)CC2)C2(O)CCCCC2)cc1OC(F)(F)F. The van der Waals surface area contributed by atoms with Crippen molar-refractivity contribution >= 4 is 12.0 Å². The van der Waals surface area contributed by atoms with E-state index in [0.717, 1.165) is 12.5 Å². The lowest BCUT2D eigenvalue weighted by atomic mass is 9.72. The molecule has 1 saturated heterocycles. The van der Waals surface area contributed by atoms with E-state index in [1.165, 1.54) is 29.0 Å². The van der Waals surface area contributed by atoms with Gasteiger partial charge in [0.25, 0.3) is 0 Å². The van der Waals surface area contributed by atoms with Gasteiger partial charge in [0.2, 0.25) is 5.91 Å². The summed E-state index contributed by atoms with van der Waals surface area (Å²) in [5.74, 6) is -2.29. The number of halogens is 3. The van der Waals surface area contributed by atoms with E-state index in [9.17, 15) is 27.9 Å². The lowest BCUT2D eigenvalue weighted by Gasteiger charge is -2.42. The minimum Gasteiger partial charge on any atom is -0.493 e. The number of amides is 2. The molecular weight excluding hydrogens is 433 g/mol. The normalized spacial score (nSPS) is 19.9. The average molecular weight is 460 g/mol. The predicted octanol–water partition coefficient (Wildman–Crippen LogP) is 3.19. The van der Waals surface area contributed by atoms with E-state index in [2.05, 4.69) is 4.74 Å². The van der Waals surface area contributed by atoms with Gasteiger partial charge in [-0.25, -0.2) is 4.79 Å². The number of carbonyl (C=O) groups is 2. The molecule has 1 saturated carbocycles. The second-order valence-electron chi connectivity index (χ2n) is 8.15. The van der Waals surface area contributed by atoms with E-state index >= 15 is 0 Å². The van der Waals surface area contributed by atoms with E-state index in [1.54, 1.807) is 0 Å². The number of carbonyl (C=O) groups excluding carboxylic acids is 1. The Morgan fingerprint density at radius 1 is 1.03 bits per heavy atom. The fourth-order valence-corrected chi connectivity index (χ4v) is 4.51. The molecule has 3 rings (SSSR count). The van der Waals surface area contributed by atoms with Crippen LogP contribution in [-0.4, -0.2) is 77.3 Å². The molecule has 1 aromatic rings. The van der Waals surface area contributed by atoms with Gasteiger partial charge in [-0.3, -0.25) is 4.79 Å². The minimum absolute atomic E-state index is 0.122. The summed E-state index contributed by atoms with van der Waals surface area (Å²) in [5, 5.41) is 20.6. The van der Waals surface area contributed by atoms with Gasteiger partial charge in [0.05, 0.1) is 18.6 Å².